The molecule has 5 heteroatoms. The van der Waals surface area contributed by atoms with Crippen LogP contribution in [0.4, 0.5) is 5.69 Å². The van der Waals surface area contributed by atoms with E-state index >= 15 is 0 Å². The molecule has 4 nitrogen and oxygen atoms in total. The number of hydrogen-bond donors (Lipinski definition) is 1. The van der Waals surface area contributed by atoms with E-state index in [0.29, 0.717) is 6.04 Å². The van der Waals surface area contributed by atoms with Gasteiger partial charge in [-0.1, -0.05) is 0 Å². The van der Waals surface area contributed by atoms with Crippen LogP contribution in [0.3, 0.4) is 0 Å². The van der Waals surface area contributed by atoms with Gasteiger partial charge in [0.1, 0.15) is 5.60 Å². The minimum atomic E-state index is -0.395. The van der Waals surface area contributed by atoms with Crippen molar-refractivity contribution in [1.82, 2.24) is 4.98 Å². The van der Waals surface area contributed by atoms with Gasteiger partial charge in [-0.15, -0.1) is 0 Å². The minimum Gasteiger partial charge on any atom is -0.460 e. The van der Waals surface area contributed by atoms with E-state index in [9.17, 15) is 4.79 Å². The van der Waals surface area contributed by atoms with Gasteiger partial charge in [0.25, 0.3) is 0 Å². The Morgan fingerprint density at radius 2 is 1.95 bits per heavy atom. The molecule has 1 aromatic rings. The molecular weight excluding hydrogens is 332 g/mol. The molecule has 116 valence electrons. The molecule has 0 radical (unpaired) electrons. The summed E-state index contributed by atoms with van der Waals surface area (Å²) in [5.74, 6) is -0.00650. The molecule has 0 spiro atoms. The van der Waals surface area contributed by atoms with Crippen LogP contribution in [0.25, 0.3) is 0 Å². The molecule has 0 aromatic carbocycles. The van der Waals surface area contributed by atoms with Gasteiger partial charge in [-0.2, -0.15) is 0 Å². The van der Waals surface area contributed by atoms with E-state index in [1.165, 1.54) is 0 Å². The SMILES string of the molecule is CC(C)(C)OC(=O)C1CCC(Nc2cncc(Br)c2)CC1. The van der Waals surface area contributed by atoms with E-state index in [-0.39, 0.29) is 11.9 Å². The average molecular weight is 355 g/mol. The van der Waals surface area contributed by atoms with Gasteiger partial charge in [0.05, 0.1) is 17.8 Å². The van der Waals surface area contributed by atoms with E-state index in [4.69, 9.17) is 4.74 Å². The maximum Gasteiger partial charge on any atom is 0.309 e. The van der Waals surface area contributed by atoms with Crippen LogP contribution < -0.4 is 5.32 Å². The first-order valence-corrected chi connectivity index (χ1v) is 8.23. The fraction of sp³-hybridized carbons (Fsp3) is 0.625. The Kier molecular flexibility index (Phi) is 5.25. The molecule has 0 amide bonds. The fourth-order valence-corrected chi connectivity index (χ4v) is 2.95. The summed E-state index contributed by atoms with van der Waals surface area (Å²) in [6.45, 7) is 5.75. The van der Waals surface area contributed by atoms with Crippen LogP contribution in [0.2, 0.25) is 0 Å². The topological polar surface area (TPSA) is 51.2 Å². The van der Waals surface area contributed by atoms with Crippen LogP contribution in [0, 0.1) is 5.92 Å². The summed E-state index contributed by atoms with van der Waals surface area (Å²) in [5.41, 5.74) is 0.624. The number of carbonyl (C=O) groups is 1. The first-order chi connectivity index (χ1) is 9.83. The fourth-order valence-electron chi connectivity index (χ4n) is 2.59. The Labute approximate surface area is 134 Å². The summed E-state index contributed by atoms with van der Waals surface area (Å²) < 4.78 is 6.44. The number of esters is 1. The van der Waals surface area contributed by atoms with Crippen LogP contribution in [0.15, 0.2) is 22.9 Å². The maximum absolute atomic E-state index is 12.1. The Morgan fingerprint density at radius 1 is 1.29 bits per heavy atom. The van der Waals surface area contributed by atoms with Crippen LogP contribution in [-0.4, -0.2) is 22.6 Å². The Bertz CT molecular complexity index is 491. The summed E-state index contributed by atoms with van der Waals surface area (Å²) in [7, 11) is 0. The van der Waals surface area contributed by atoms with Gasteiger partial charge >= 0.3 is 5.97 Å². The van der Waals surface area contributed by atoms with Crippen molar-refractivity contribution in [3.63, 3.8) is 0 Å². The zero-order chi connectivity index (χ0) is 15.5. The monoisotopic (exact) mass is 354 g/mol. The van der Waals surface area contributed by atoms with E-state index < -0.39 is 5.60 Å². The number of aromatic nitrogens is 1. The molecular formula is C16H23BrN2O2. The lowest BCUT2D eigenvalue weighted by atomic mass is 9.86. The second-order valence-corrected chi connectivity index (χ2v) is 7.53. The highest BCUT2D eigenvalue weighted by Gasteiger charge is 2.29. The van der Waals surface area contributed by atoms with Gasteiger partial charge in [-0.05, 0) is 68.5 Å². The molecule has 0 saturated heterocycles. The number of nitrogens with zero attached hydrogens (tertiary/aromatic N) is 1. The molecule has 1 heterocycles. The van der Waals surface area contributed by atoms with Crippen molar-refractivity contribution in [1.29, 1.82) is 0 Å². The first kappa shape index (κ1) is 16.3. The quantitative estimate of drug-likeness (QED) is 0.828. The van der Waals surface area contributed by atoms with Gasteiger partial charge in [-0.3, -0.25) is 9.78 Å². The molecule has 1 saturated carbocycles. The van der Waals surface area contributed by atoms with Gasteiger partial charge in [-0.25, -0.2) is 0 Å². The van der Waals surface area contributed by atoms with E-state index in [1.807, 2.05) is 33.0 Å². The average Bonchev–Trinajstić information content (AvgIpc) is 2.37. The molecule has 0 bridgehead atoms. The summed E-state index contributed by atoms with van der Waals surface area (Å²) >= 11 is 3.42. The normalized spacial score (nSPS) is 22.7. The molecule has 1 N–H and O–H groups in total. The van der Waals surface area contributed by atoms with Crippen molar-refractivity contribution in [2.24, 2.45) is 5.92 Å². The number of nitrogens with one attached hydrogen (secondary N) is 1. The lowest BCUT2D eigenvalue weighted by Gasteiger charge is -2.30. The molecule has 0 unspecified atom stereocenters. The van der Waals surface area contributed by atoms with Crippen molar-refractivity contribution < 1.29 is 9.53 Å². The van der Waals surface area contributed by atoms with Crippen molar-refractivity contribution in [3.8, 4) is 0 Å². The number of rotatable bonds is 3. The lowest BCUT2D eigenvalue weighted by molar-refractivity contribution is -0.161. The number of carbonyl (C=O) groups excluding carboxylic acids is 1. The van der Waals surface area contributed by atoms with E-state index in [2.05, 4.69) is 26.2 Å². The van der Waals surface area contributed by atoms with Gasteiger partial charge in [0.2, 0.25) is 0 Å². The predicted molar refractivity (Wildman–Crippen MR) is 87.2 cm³/mol. The van der Waals surface area contributed by atoms with E-state index in [1.54, 1.807) is 6.20 Å². The Balaban J connectivity index is 1.82. The molecule has 2 rings (SSSR count). The van der Waals surface area contributed by atoms with Crippen molar-refractivity contribution >= 4 is 27.6 Å². The molecule has 1 aliphatic rings. The number of halogens is 1. The van der Waals surface area contributed by atoms with Gasteiger partial charge < -0.3 is 10.1 Å². The largest absolute Gasteiger partial charge is 0.460 e. The van der Waals surface area contributed by atoms with Crippen LogP contribution in [0.5, 0.6) is 0 Å². The van der Waals surface area contributed by atoms with Crippen LogP contribution in [0.1, 0.15) is 46.5 Å². The highest BCUT2D eigenvalue weighted by atomic mass is 79.9. The summed E-state index contributed by atoms with van der Waals surface area (Å²) in [6.07, 6.45) is 7.32. The number of hydrogen-bond acceptors (Lipinski definition) is 4. The van der Waals surface area contributed by atoms with E-state index in [0.717, 1.165) is 35.8 Å². The molecule has 0 atom stereocenters. The summed E-state index contributed by atoms with van der Waals surface area (Å²) in [4.78, 5) is 16.2. The second kappa shape index (κ2) is 6.77. The third kappa shape index (κ3) is 5.30. The van der Waals surface area contributed by atoms with Crippen LogP contribution >= 0.6 is 15.9 Å². The Hall–Kier alpha value is -1.10. The van der Waals surface area contributed by atoms with Crippen molar-refractivity contribution in [2.45, 2.75) is 58.1 Å². The molecule has 1 aromatic heterocycles. The first-order valence-electron chi connectivity index (χ1n) is 7.43. The summed E-state index contributed by atoms with van der Waals surface area (Å²) in [6, 6.07) is 2.42. The predicted octanol–water partition coefficient (Wildman–Crippen LogP) is 4.16. The second-order valence-electron chi connectivity index (χ2n) is 6.62. The third-order valence-electron chi connectivity index (χ3n) is 3.54. The zero-order valence-corrected chi connectivity index (χ0v) is 14.4. The molecule has 1 fully saturated rings. The maximum atomic E-state index is 12.1. The standard InChI is InChI=1S/C16H23BrN2O2/c1-16(2,3)21-15(20)11-4-6-13(7-5-11)19-14-8-12(17)9-18-10-14/h8-11,13,19H,4-7H2,1-3H3. The van der Waals surface area contributed by atoms with Gasteiger partial charge in [0.15, 0.2) is 0 Å². The van der Waals surface area contributed by atoms with Crippen molar-refractivity contribution in [2.75, 3.05) is 5.32 Å². The van der Waals surface area contributed by atoms with Crippen LogP contribution in [-0.2, 0) is 9.53 Å². The molecule has 0 aliphatic heterocycles. The Morgan fingerprint density at radius 3 is 2.52 bits per heavy atom. The molecule has 1 aliphatic carbocycles. The minimum absolute atomic E-state index is 0.0444. The zero-order valence-electron chi connectivity index (χ0n) is 12.9. The molecule has 21 heavy (non-hydrogen) atoms. The highest BCUT2D eigenvalue weighted by Crippen LogP contribution is 2.29. The number of ether oxygens (including phenoxy) is 1. The summed E-state index contributed by atoms with van der Waals surface area (Å²) in [5, 5.41) is 3.48. The lowest BCUT2D eigenvalue weighted by Crippen LogP contribution is -2.33. The smallest absolute Gasteiger partial charge is 0.309 e. The number of anilines is 1. The third-order valence-corrected chi connectivity index (χ3v) is 3.98. The van der Waals surface area contributed by atoms with Crippen molar-refractivity contribution in [3.05, 3.63) is 22.9 Å². The van der Waals surface area contributed by atoms with Gasteiger partial charge in [0, 0.05) is 16.7 Å². The number of pyridine rings is 1. The highest BCUT2D eigenvalue weighted by molar-refractivity contribution is 9.10.